The Bertz CT molecular complexity index is 1400. The summed E-state index contributed by atoms with van der Waals surface area (Å²) in [5, 5.41) is 12.3. The predicted molar refractivity (Wildman–Crippen MR) is 136 cm³/mol. The lowest BCUT2D eigenvalue weighted by Crippen LogP contribution is -2.35. The molecule has 1 N–H and O–H groups in total. The zero-order chi connectivity index (χ0) is 25.1. The Balaban J connectivity index is 1.83. The summed E-state index contributed by atoms with van der Waals surface area (Å²) in [6, 6.07) is 12.5. The van der Waals surface area contributed by atoms with Crippen molar-refractivity contribution in [2.75, 3.05) is 12.4 Å². The number of nitrogens with one attached hydrogen (secondary N) is 1. The highest BCUT2D eigenvalue weighted by Crippen LogP contribution is 2.30. The lowest BCUT2D eigenvalue weighted by molar-refractivity contribution is -0.119. The summed E-state index contributed by atoms with van der Waals surface area (Å²) in [7, 11) is 1.60. The van der Waals surface area contributed by atoms with Gasteiger partial charge in [0.2, 0.25) is 5.91 Å². The third-order valence-corrected chi connectivity index (χ3v) is 6.31. The maximum absolute atomic E-state index is 13.5. The molecular formula is C27H30N4O4. The molecular weight excluding hydrogens is 444 g/mol. The minimum Gasteiger partial charge on any atom is -0.497 e. The van der Waals surface area contributed by atoms with Crippen LogP contribution in [0.25, 0.3) is 22.2 Å². The number of carbonyl (C=O) groups is 1. The van der Waals surface area contributed by atoms with Gasteiger partial charge in [0, 0.05) is 11.3 Å². The molecule has 0 unspecified atom stereocenters. The molecule has 1 atom stereocenters. The first-order valence-electron chi connectivity index (χ1n) is 11.9. The van der Waals surface area contributed by atoms with Crippen molar-refractivity contribution < 1.29 is 14.1 Å². The maximum atomic E-state index is 13.5. The van der Waals surface area contributed by atoms with Gasteiger partial charge in [-0.15, -0.1) is 0 Å². The molecule has 2 aromatic carbocycles. The van der Waals surface area contributed by atoms with Gasteiger partial charge in [-0.3, -0.25) is 9.59 Å². The second-order valence-corrected chi connectivity index (χ2v) is 8.36. The molecule has 2 aromatic heterocycles. The fourth-order valence-corrected chi connectivity index (χ4v) is 4.35. The van der Waals surface area contributed by atoms with Gasteiger partial charge in [0.05, 0.1) is 12.5 Å². The summed E-state index contributed by atoms with van der Waals surface area (Å²) in [6.45, 7) is 7.70. The highest BCUT2D eigenvalue weighted by molar-refractivity contribution is 5.96. The van der Waals surface area contributed by atoms with Crippen LogP contribution in [-0.2, 0) is 17.6 Å². The van der Waals surface area contributed by atoms with Crippen molar-refractivity contribution in [1.29, 1.82) is 0 Å². The summed E-state index contributed by atoms with van der Waals surface area (Å²) < 4.78 is 11.9. The van der Waals surface area contributed by atoms with E-state index in [0.29, 0.717) is 29.0 Å². The topological polar surface area (TPSA) is 99.2 Å². The Kier molecular flexibility index (Phi) is 7.00. The number of aryl methyl sites for hydroxylation is 3. The SMILES string of the molecule is CCc1cccc(CC)c1NC(=O)[C@@H](CC)n1nc(-c2ccc(OC)cc2)c2c(C)onc2c1=O. The number of carbonyl (C=O) groups excluding carboxylic acids is 1. The quantitative estimate of drug-likeness (QED) is 0.382. The number of para-hydroxylation sites is 1. The first-order chi connectivity index (χ1) is 16.9. The summed E-state index contributed by atoms with van der Waals surface area (Å²) in [4.78, 5) is 26.9. The molecule has 0 aliphatic rings. The van der Waals surface area contributed by atoms with Crippen molar-refractivity contribution in [3.05, 3.63) is 69.7 Å². The number of anilines is 1. The predicted octanol–water partition coefficient (Wildman–Crippen LogP) is 5.08. The zero-order valence-corrected chi connectivity index (χ0v) is 20.7. The van der Waals surface area contributed by atoms with Crippen molar-refractivity contribution in [2.45, 2.75) is 53.0 Å². The van der Waals surface area contributed by atoms with Crippen LogP contribution in [0.4, 0.5) is 5.69 Å². The number of rotatable bonds is 8. The van der Waals surface area contributed by atoms with E-state index < -0.39 is 11.6 Å². The van der Waals surface area contributed by atoms with Gasteiger partial charge in [-0.2, -0.15) is 5.10 Å². The molecule has 35 heavy (non-hydrogen) atoms. The van der Waals surface area contributed by atoms with Gasteiger partial charge in [-0.25, -0.2) is 4.68 Å². The molecule has 8 heteroatoms. The summed E-state index contributed by atoms with van der Waals surface area (Å²) in [6.07, 6.45) is 1.94. The van der Waals surface area contributed by atoms with Crippen LogP contribution in [0.3, 0.4) is 0 Å². The Morgan fingerprint density at radius 2 is 1.74 bits per heavy atom. The van der Waals surface area contributed by atoms with Crippen molar-refractivity contribution in [3.63, 3.8) is 0 Å². The molecule has 2 heterocycles. The van der Waals surface area contributed by atoms with Gasteiger partial charge in [-0.05, 0) is 61.6 Å². The highest BCUT2D eigenvalue weighted by Gasteiger charge is 2.27. The minimum atomic E-state index is -0.824. The second-order valence-electron chi connectivity index (χ2n) is 8.36. The largest absolute Gasteiger partial charge is 0.497 e. The summed E-state index contributed by atoms with van der Waals surface area (Å²) >= 11 is 0. The van der Waals surface area contributed by atoms with Crippen molar-refractivity contribution >= 4 is 22.5 Å². The molecule has 0 aliphatic carbocycles. The molecule has 0 aliphatic heterocycles. The molecule has 0 radical (unpaired) electrons. The first kappa shape index (κ1) is 24.2. The fraction of sp³-hybridized carbons (Fsp3) is 0.333. The molecule has 4 rings (SSSR count). The third kappa shape index (κ3) is 4.43. The second kappa shape index (κ2) is 10.1. The van der Waals surface area contributed by atoms with Crippen molar-refractivity contribution in [1.82, 2.24) is 14.9 Å². The van der Waals surface area contributed by atoms with Gasteiger partial charge in [0.1, 0.15) is 23.2 Å². The number of hydrogen-bond acceptors (Lipinski definition) is 6. The van der Waals surface area contributed by atoms with Crippen LogP contribution in [0, 0.1) is 6.92 Å². The van der Waals surface area contributed by atoms with Crippen LogP contribution >= 0.6 is 0 Å². The average molecular weight is 475 g/mol. The number of aromatic nitrogens is 3. The standard InChI is InChI=1S/C27H30N4O4/c1-6-17-10-9-11-18(7-2)23(17)28-26(32)21(8-3)31-27(33)25-22(16(4)35-30-25)24(29-31)19-12-14-20(34-5)15-13-19/h9-15,21H,6-8H2,1-5H3,(H,28,32)/t21-/m1/s1. The van der Waals surface area contributed by atoms with Gasteiger partial charge < -0.3 is 14.6 Å². The van der Waals surface area contributed by atoms with Gasteiger partial charge in [0.25, 0.3) is 5.56 Å². The third-order valence-electron chi connectivity index (χ3n) is 6.31. The van der Waals surface area contributed by atoms with E-state index in [1.54, 1.807) is 14.0 Å². The fourth-order valence-electron chi connectivity index (χ4n) is 4.35. The molecule has 0 fully saturated rings. The Labute approximate surface area is 203 Å². The van der Waals surface area contributed by atoms with Crippen LogP contribution in [0.1, 0.15) is 50.1 Å². The molecule has 0 saturated heterocycles. The summed E-state index contributed by atoms with van der Waals surface area (Å²) in [5.74, 6) is 0.898. The highest BCUT2D eigenvalue weighted by atomic mass is 16.5. The van der Waals surface area contributed by atoms with E-state index in [0.717, 1.165) is 35.2 Å². The monoisotopic (exact) mass is 474 g/mol. The molecule has 0 bridgehead atoms. The number of nitrogens with zero attached hydrogens (tertiary/aromatic N) is 3. The number of amides is 1. The molecule has 1 amide bonds. The van der Waals surface area contributed by atoms with E-state index in [9.17, 15) is 9.59 Å². The smallest absolute Gasteiger partial charge is 0.297 e. The lowest BCUT2D eigenvalue weighted by Gasteiger charge is -2.20. The van der Waals surface area contributed by atoms with E-state index in [1.807, 2.05) is 49.4 Å². The van der Waals surface area contributed by atoms with Crippen LogP contribution in [0.2, 0.25) is 0 Å². The molecule has 0 saturated carbocycles. The van der Waals surface area contributed by atoms with Crippen LogP contribution in [0.15, 0.2) is 51.8 Å². The van der Waals surface area contributed by atoms with Gasteiger partial charge in [0.15, 0.2) is 5.52 Å². The normalized spacial score (nSPS) is 12.0. The number of fused-ring (bicyclic) bond motifs is 1. The molecule has 0 spiro atoms. The van der Waals surface area contributed by atoms with Gasteiger partial charge >= 0.3 is 0 Å². The van der Waals surface area contributed by atoms with E-state index in [2.05, 4.69) is 29.4 Å². The van der Waals surface area contributed by atoms with E-state index in [-0.39, 0.29) is 11.4 Å². The number of methoxy groups -OCH3 is 1. The van der Waals surface area contributed by atoms with E-state index >= 15 is 0 Å². The van der Waals surface area contributed by atoms with E-state index in [4.69, 9.17) is 9.26 Å². The number of ether oxygens (including phenoxy) is 1. The number of benzene rings is 2. The number of hydrogen-bond donors (Lipinski definition) is 1. The average Bonchev–Trinajstić information content (AvgIpc) is 3.28. The maximum Gasteiger partial charge on any atom is 0.297 e. The van der Waals surface area contributed by atoms with Crippen molar-refractivity contribution in [3.8, 4) is 17.0 Å². The zero-order valence-electron chi connectivity index (χ0n) is 20.7. The van der Waals surface area contributed by atoms with Gasteiger partial charge in [-0.1, -0.05) is 44.1 Å². The molecule has 4 aromatic rings. The van der Waals surface area contributed by atoms with Crippen LogP contribution < -0.4 is 15.6 Å². The van der Waals surface area contributed by atoms with E-state index in [1.165, 1.54) is 4.68 Å². The Morgan fingerprint density at radius 1 is 1.09 bits per heavy atom. The van der Waals surface area contributed by atoms with Crippen LogP contribution in [-0.4, -0.2) is 28.0 Å². The molecule has 182 valence electrons. The summed E-state index contributed by atoms with van der Waals surface area (Å²) in [5.41, 5.74) is 3.88. The molecule has 8 nitrogen and oxygen atoms in total. The Hall–Kier alpha value is -3.94. The van der Waals surface area contributed by atoms with Crippen LogP contribution in [0.5, 0.6) is 5.75 Å². The minimum absolute atomic E-state index is 0.151. The Morgan fingerprint density at radius 3 is 2.31 bits per heavy atom. The first-order valence-corrected chi connectivity index (χ1v) is 11.9. The lowest BCUT2D eigenvalue weighted by atomic mass is 10.0. The van der Waals surface area contributed by atoms with Crippen molar-refractivity contribution in [2.24, 2.45) is 0 Å².